The molecule has 5 heteroatoms. The molecule has 2 aromatic heterocycles. The van der Waals surface area contributed by atoms with Gasteiger partial charge < -0.3 is 5.32 Å². The summed E-state index contributed by atoms with van der Waals surface area (Å²) in [6.45, 7) is 0.565. The van der Waals surface area contributed by atoms with Gasteiger partial charge in [-0.1, -0.05) is 84.9 Å². The van der Waals surface area contributed by atoms with Gasteiger partial charge in [-0.25, -0.2) is 4.98 Å². The van der Waals surface area contributed by atoms with Gasteiger partial charge in [-0.3, -0.25) is 9.78 Å². The van der Waals surface area contributed by atoms with E-state index < -0.39 is 0 Å². The van der Waals surface area contributed by atoms with Gasteiger partial charge >= 0.3 is 0 Å². The van der Waals surface area contributed by atoms with Crippen LogP contribution in [0, 0.1) is 0 Å². The molecule has 0 radical (unpaired) electrons. The number of fused-ring (bicyclic) bond motifs is 1. The molecule has 0 spiro atoms. The summed E-state index contributed by atoms with van der Waals surface area (Å²) in [5.41, 5.74) is 5.35. The third-order valence-corrected chi connectivity index (χ3v) is 5.21. The summed E-state index contributed by atoms with van der Waals surface area (Å²) in [6, 6.07) is 30.2. The first-order valence-electron chi connectivity index (χ1n) is 10.1. The van der Waals surface area contributed by atoms with Crippen molar-refractivity contribution in [3.8, 4) is 22.3 Å². The molecule has 0 amide bonds. The number of hydrogen-bond donors (Lipinski definition) is 2. The van der Waals surface area contributed by atoms with Gasteiger partial charge in [0.1, 0.15) is 0 Å². The average molecular weight is 404 g/mol. The SMILES string of the molecule is O=c1[nH]c(NCc2ccccc2)nc2nccc(-c3ccc(-c4ccccc4)cc3)c12. The minimum absolute atomic E-state index is 0.212. The van der Waals surface area contributed by atoms with Crippen LogP contribution in [0.5, 0.6) is 0 Å². The van der Waals surface area contributed by atoms with Gasteiger partial charge in [0.2, 0.25) is 5.95 Å². The maximum atomic E-state index is 12.9. The van der Waals surface area contributed by atoms with E-state index in [1.807, 2.05) is 66.7 Å². The predicted molar refractivity (Wildman–Crippen MR) is 125 cm³/mol. The van der Waals surface area contributed by atoms with E-state index in [-0.39, 0.29) is 5.56 Å². The first-order chi connectivity index (χ1) is 15.3. The third kappa shape index (κ3) is 3.94. The van der Waals surface area contributed by atoms with Crippen LogP contribution in [-0.4, -0.2) is 15.0 Å². The zero-order valence-electron chi connectivity index (χ0n) is 16.7. The van der Waals surface area contributed by atoms with Crippen LogP contribution in [0.1, 0.15) is 5.56 Å². The Morgan fingerprint density at radius 3 is 2.13 bits per heavy atom. The van der Waals surface area contributed by atoms with Crippen LogP contribution in [0.25, 0.3) is 33.3 Å². The van der Waals surface area contributed by atoms with Crippen LogP contribution in [0.3, 0.4) is 0 Å². The summed E-state index contributed by atoms with van der Waals surface area (Å²) in [5.74, 6) is 0.408. The number of anilines is 1. The van der Waals surface area contributed by atoms with Crippen LogP contribution in [0.15, 0.2) is 102 Å². The fourth-order valence-electron chi connectivity index (χ4n) is 3.64. The average Bonchev–Trinajstić information content (AvgIpc) is 2.84. The molecule has 5 aromatic rings. The molecule has 0 bridgehead atoms. The molecule has 5 rings (SSSR count). The lowest BCUT2D eigenvalue weighted by Crippen LogP contribution is -2.14. The highest BCUT2D eigenvalue weighted by Gasteiger charge is 2.12. The van der Waals surface area contributed by atoms with Crippen LogP contribution in [0.2, 0.25) is 0 Å². The molecule has 31 heavy (non-hydrogen) atoms. The number of benzene rings is 3. The van der Waals surface area contributed by atoms with Gasteiger partial charge in [-0.05, 0) is 33.9 Å². The van der Waals surface area contributed by atoms with Crippen molar-refractivity contribution in [3.05, 3.63) is 113 Å². The molecule has 0 atom stereocenters. The number of pyridine rings is 1. The Kier molecular flexibility index (Phi) is 4.99. The zero-order chi connectivity index (χ0) is 21.0. The van der Waals surface area contributed by atoms with E-state index in [4.69, 9.17) is 0 Å². The number of rotatable bonds is 5. The van der Waals surface area contributed by atoms with Crippen LogP contribution >= 0.6 is 0 Å². The summed E-state index contributed by atoms with van der Waals surface area (Å²) < 4.78 is 0. The Labute approximate surface area is 179 Å². The largest absolute Gasteiger partial charge is 0.352 e. The Morgan fingerprint density at radius 2 is 1.39 bits per heavy atom. The van der Waals surface area contributed by atoms with E-state index in [1.165, 1.54) is 0 Å². The molecule has 0 saturated heterocycles. The van der Waals surface area contributed by atoms with Gasteiger partial charge in [0.15, 0.2) is 5.65 Å². The van der Waals surface area contributed by atoms with Crippen molar-refractivity contribution in [2.45, 2.75) is 6.54 Å². The van der Waals surface area contributed by atoms with Gasteiger partial charge in [0.05, 0.1) is 5.39 Å². The smallest absolute Gasteiger partial charge is 0.262 e. The lowest BCUT2D eigenvalue weighted by atomic mass is 9.99. The second-order valence-electron chi connectivity index (χ2n) is 7.25. The fourth-order valence-corrected chi connectivity index (χ4v) is 3.64. The Bertz CT molecular complexity index is 1380. The molecular weight excluding hydrogens is 384 g/mol. The quantitative estimate of drug-likeness (QED) is 0.419. The maximum Gasteiger partial charge on any atom is 0.262 e. The minimum Gasteiger partial charge on any atom is -0.352 e. The normalized spacial score (nSPS) is 10.8. The summed E-state index contributed by atoms with van der Waals surface area (Å²) >= 11 is 0. The molecule has 0 aliphatic rings. The third-order valence-electron chi connectivity index (χ3n) is 5.21. The lowest BCUT2D eigenvalue weighted by Gasteiger charge is -2.09. The Balaban J connectivity index is 1.48. The molecule has 0 saturated carbocycles. The molecule has 3 aromatic carbocycles. The molecule has 0 aliphatic heterocycles. The van der Waals surface area contributed by atoms with E-state index in [1.54, 1.807) is 6.20 Å². The second-order valence-corrected chi connectivity index (χ2v) is 7.25. The predicted octanol–water partition coefficient (Wildman–Crippen LogP) is 5.26. The van der Waals surface area contributed by atoms with E-state index in [0.717, 1.165) is 27.8 Å². The number of nitrogens with zero attached hydrogens (tertiary/aromatic N) is 2. The Morgan fingerprint density at radius 1 is 0.742 bits per heavy atom. The lowest BCUT2D eigenvalue weighted by molar-refractivity contribution is 1.05. The standard InChI is InChI=1S/C26H20N4O/c31-25-23-22(21-13-11-20(12-14-21)19-9-5-2-6-10-19)15-16-27-24(23)29-26(30-25)28-17-18-7-3-1-4-8-18/h1-16H,17H2,(H2,27,28,29,30,31). The first kappa shape index (κ1) is 18.8. The van der Waals surface area contributed by atoms with Crippen molar-refractivity contribution in [1.82, 2.24) is 15.0 Å². The molecule has 2 heterocycles. The monoisotopic (exact) mass is 404 g/mol. The summed E-state index contributed by atoms with van der Waals surface area (Å²) in [5, 5.41) is 3.66. The van der Waals surface area contributed by atoms with Crippen molar-refractivity contribution in [3.63, 3.8) is 0 Å². The van der Waals surface area contributed by atoms with Crippen molar-refractivity contribution >= 4 is 17.0 Å². The molecule has 0 unspecified atom stereocenters. The van der Waals surface area contributed by atoms with Gasteiger partial charge in [-0.2, -0.15) is 4.98 Å². The summed E-state index contributed by atoms with van der Waals surface area (Å²) in [6.07, 6.45) is 1.69. The molecule has 5 nitrogen and oxygen atoms in total. The number of hydrogen-bond acceptors (Lipinski definition) is 4. The van der Waals surface area contributed by atoms with Gasteiger partial charge in [-0.15, -0.1) is 0 Å². The highest BCUT2D eigenvalue weighted by Crippen LogP contribution is 2.27. The van der Waals surface area contributed by atoms with E-state index >= 15 is 0 Å². The number of nitrogens with one attached hydrogen (secondary N) is 2. The number of aromatic nitrogens is 3. The van der Waals surface area contributed by atoms with Crippen molar-refractivity contribution < 1.29 is 0 Å². The van der Waals surface area contributed by atoms with E-state index in [2.05, 4.69) is 44.5 Å². The van der Waals surface area contributed by atoms with Crippen LogP contribution < -0.4 is 10.9 Å². The molecule has 150 valence electrons. The van der Waals surface area contributed by atoms with E-state index in [0.29, 0.717) is 23.5 Å². The highest BCUT2D eigenvalue weighted by atomic mass is 16.1. The topological polar surface area (TPSA) is 70.7 Å². The van der Waals surface area contributed by atoms with Gasteiger partial charge in [0, 0.05) is 12.7 Å². The second kappa shape index (κ2) is 8.24. The van der Waals surface area contributed by atoms with Crippen LogP contribution in [-0.2, 0) is 6.54 Å². The zero-order valence-corrected chi connectivity index (χ0v) is 16.7. The minimum atomic E-state index is -0.212. The summed E-state index contributed by atoms with van der Waals surface area (Å²) in [4.78, 5) is 24.6. The maximum absolute atomic E-state index is 12.9. The fraction of sp³-hybridized carbons (Fsp3) is 0.0385. The number of H-pyrrole nitrogens is 1. The molecule has 0 fully saturated rings. The highest BCUT2D eigenvalue weighted by molar-refractivity contribution is 5.92. The van der Waals surface area contributed by atoms with Crippen molar-refractivity contribution in [1.29, 1.82) is 0 Å². The van der Waals surface area contributed by atoms with Crippen molar-refractivity contribution in [2.24, 2.45) is 0 Å². The van der Waals surface area contributed by atoms with E-state index in [9.17, 15) is 4.79 Å². The first-order valence-corrected chi connectivity index (χ1v) is 10.1. The Hall–Kier alpha value is -4.25. The molecular formula is C26H20N4O. The van der Waals surface area contributed by atoms with Crippen molar-refractivity contribution in [2.75, 3.05) is 5.32 Å². The summed E-state index contributed by atoms with van der Waals surface area (Å²) in [7, 11) is 0. The molecule has 0 aliphatic carbocycles. The van der Waals surface area contributed by atoms with Crippen LogP contribution in [0.4, 0.5) is 5.95 Å². The number of aromatic amines is 1. The molecule has 2 N–H and O–H groups in total. The van der Waals surface area contributed by atoms with Gasteiger partial charge in [0.25, 0.3) is 5.56 Å².